The van der Waals surface area contributed by atoms with Crippen LogP contribution in [0.4, 0.5) is 10.1 Å². The molecule has 9 nitrogen and oxygen atoms in total. The molecule has 38 heavy (non-hydrogen) atoms. The first-order valence-electron chi connectivity index (χ1n) is 12.2. The normalized spacial score (nSPS) is 11.5. The van der Waals surface area contributed by atoms with Crippen molar-refractivity contribution in [1.29, 1.82) is 0 Å². The second-order valence-corrected chi connectivity index (χ2v) is 9.42. The minimum absolute atomic E-state index is 0.0575. The molecule has 0 fully saturated rings. The average Bonchev–Trinajstić information content (AvgIpc) is 3.52. The first kappa shape index (κ1) is 23.4. The Kier molecular flexibility index (Phi) is 5.83. The number of carbonyl (C=O) groups excluding carboxylic acids is 1. The highest BCUT2D eigenvalue weighted by Crippen LogP contribution is 2.32. The Morgan fingerprint density at radius 2 is 1.84 bits per heavy atom. The zero-order chi connectivity index (χ0) is 26.2. The highest BCUT2D eigenvalue weighted by atomic mass is 19.1. The Labute approximate surface area is 216 Å². The molecule has 5 heterocycles. The van der Waals surface area contributed by atoms with E-state index >= 15 is 0 Å². The van der Waals surface area contributed by atoms with E-state index in [2.05, 4.69) is 35.5 Å². The van der Waals surface area contributed by atoms with Crippen molar-refractivity contribution >= 4 is 33.8 Å². The van der Waals surface area contributed by atoms with Crippen LogP contribution in [0.3, 0.4) is 0 Å². The van der Waals surface area contributed by atoms with E-state index in [1.54, 1.807) is 49.1 Å². The molecule has 1 aromatic carbocycles. The van der Waals surface area contributed by atoms with E-state index in [-0.39, 0.29) is 17.6 Å². The molecule has 0 atom stereocenters. The van der Waals surface area contributed by atoms with Crippen molar-refractivity contribution in [1.82, 2.24) is 35.1 Å². The van der Waals surface area contributed by atoms with Crippen LogP contribution in [-0.4, -0.2) is 41.0 Å². The molecule has 188 valence electrons. The predicted molar refractivity (Wildman–Crippen MR) is 143 cm³/mol. The monoisotopic (exact) mass is 506 g/mol. The van der Waals surface area contributed by atoms with Gasteiger partial charge in [0.15, 0.2) is 17.1 Å². The first-order valence-corrected chi connectivity index (χ1v) is 12.2. The van der Waals surface area contributed by atoms with E-state index in [1.165, 1.54) is 6.07 Å². The number of aromatic amines is 2. The quantitative estimate of drug-likeness (QED) is 0.264. The van der Waals surface area contributed by atoms with Gasteiger partial charge in [0.25, 0.3) is 0 Å². The lowest BCUT2D eigenvalue weighted by Crippen LogP contribution is -2.13. The summed E-state index contributed by atoms with van der Waals surface area (Å²) >= 11 is 0. The third-order valence-electron chi connectivity index (χ3n) is 6.14. The van der Waals surface area contributed by atoms with Crippen LogP contribution in [0, 0.1) is 11.7 Å². The van der Waals surface area contributed by atoms with Crippen LogP contribution in [0.5, 0.6) is 0 Å². The molecule has 0 aliphatic heterocycles. The fourth-order valence-corrected chi connectivity index (χ4v) is 4.41. The summed E-state index contributed by atoms with van der Waals surface area (Å²) in [6.07, 6.45) is 7.10. The fourth-order valence-electron chi connectivity index (χ4n) is 4.41. The zero-order valence-corrected chi connectivity index (χ0v) is 20.7. The van der Waals surface area contributed by atoms with Crippen LogP contribution in [0.25, 0.3) is 56.0 Å². The summed E-state index contributed by atoms with van der Waals surface area (Å²) < 4.78 is 14.5. The summed E-state index contributed by atoms with van der Waals surface area (Å²) in [6.45, 7) is 3.99. The topological polar surface area (TPSA) is 125 Å². The summed E-state index contributed by atoms with van der Waals surface area (Å²) in [5, 5.41) is 11.0. The fraction of sp³-hybridized carbons (Fsp3) is 0.143. The Morgan fingerprint density at radius 1 is 1.00 bits per heavy atom. The van der Waals surface area contributed by atoms with Crippen molar-refractivity contribution in [2.45, 2.75) is 20.3 Å². The van der Waals surface area contributed by atoms with Crippen LogP contribution in [-0.2, 0) is 4.79 Å². The van der Waals surface area contributed by atoms with Gasteiger partial charge in [0.05, 0.1) is 17.3 Å². The van der Waals surface area contributed by atoms with Crippen molar-refractivity contribution in [3.05, 3.63) is 73.1 Å². The van der Waals surface area contributed by atoms with E-state index < -0.39 is 0 Å². The van der Waals surface area contributed by atoms with Gasteiger partial charge in [-0.05, 0) is 30.2 Å². The minimum Gasteiger partial charge on any atom is -0.325 e. The number of halogens is 1. The summed E-state index contributed by atoms with van der Waals surface area (Å²) in [4.78, 5) is 33.4. The number of benzene rings is 1. The van der Waals surface area contributed by atoms with Gasteiger partial charge in [-0.15, -0.1) is 0 Å². The SMILES string of the molecule is CC(C)CC(=O)Nc1cncc(-c2cnc3[nH]nc(-c4nc5c(-c6ccccc6F)ccnc5[nH]4)c3c2)c1. The molecular weight excluding hydrogens is 483 g/mol. The second kappa shape index (κ2) is 9.47. The van der Waals surface area contributed by atoms with Crippen molar-refractivity contribution in [2.75, 3.05) is 5.32 Å². The summed E-state index contributed by atoms with van der Waals surface area (Å²) in [7, 11) is 0. The smallest absolute Gasteiger partial charge is 0.224 e. The number of hydrogen-bond acceptors (Lipinski definition) is 6. The van der Waals surface area contributed by atoms with E-state index in [4.69, 9.17) is 4.98 Å². The van der Waals surface area contributed by atoms with Gasteiger partial charge < -0.3 is 10.3 Å². The summed E-state index contributed by atoms with van der Waals surface area (Å²) in [5.74, 6) is 0.348. The van der Waals surface area contributed by atoms with Gasteiger partial charge in [0.1, 0.15) is 17.0 Å². The van der Waals surface area contributed by atoms with Gasteiger partial charge in [0, 0.05) is 47.3 Å². The lowest BCUT2D eigenvalue weighted by atomic mass is 10.1. The second-order valence-electron chi connectivity index (χ2n) is 9.42. The maximum Gasteiger partial charge on any atom is 0.224 e. The van der Waals surface area contributed by atoms with Crippen LogP contribution < -0.4 is 5.32 Å². The lowest BCUT2D eigenvalue weighted by Gasteiger charge is -2.08. The van der Waals surface area contributed by atoms with Crippen LogP contribution >= 0.6 is 0 Å². The van der Waals surface area contributed by atoms with Crippen molar-refractivity contribution in [3.8, 4) is 33.8 Å². The van der Waals surface area contributed by atoms with Crippen molar-refractivity contribution in [3.63, 3.8) is 0 Å². The summed E-state index contributed by atoms with van der Waals surface area (Å²) in [6, 6.07) is 12.1. The highest BCUT2D eigenvalue weighted by molar-refractivity contribution is 5.96. The number of anilines is 1. The number of nitrogens with zero attached hydrogens (tertiary/aromatic N) is 5. The maximum absolute atomic E-state index is 14.5. The number of aromatic nitrogens is 7. The van der Waals surface area contributed by atoms with Crippen LogP contribution in [0.1, 0.15) is 20.3 Å². The highest BCUT2D eigenvalue weighted by Gasteiger charge is 2.18. The van der Waals surface area contributed by atoms with E-state index in [0.717, 1.165) is 16.5 Å². The standard InChI is InChI=1S/C28H23FN8O/c1-15(2)9-23(38)33-18-10-16(12-30-14-18)17-11-21-25(36-37-26(21)32-13-17)28-34-24-20(7-8-31-27(24)35-28)19-5-3-4-6-22(19)29/h3-8,10-15H,9H2,1-2H3,(H,33,38)(H,31,34,35)(H,32,36,37). The molecular formula is C28H23FN8O. The van der Waals surface area contributed by atoms with Gasteiger partial charge >= 0.3 is 0 Å². The van der Waals surface area contributed by atoms with E-state index in [1.807, 2.05) is 26.0 Å². The Morgan fingerprint density at radius 3 is 2.68 bits per heavy atom. The van der Waals surface area contributed by atoms with Gasteiger partial charge in [-0.25, -0.2) is 19.3 Å². The Hall–Kier alpha value is -4.99. The summed E-state index contributed by atoms with van der Waals surface area (Å²) in [5.41, 5.74) is 5.50. The Balaban J connectivity index is 1.39. The molecule has 1 amide bonds. The molecule has 0 bridgehead atoms. The minimum atomic E-state index is -0.333. The maximum atomic E-state index is 14.5. The van der Waals surface area contributed by atoms with E-state index in [9.17, 15) is 9.18 Å². The Bertz CT molecular complexity index is 1810. The largest absolute Gasteiger partial charge is 0.325 e. The zero-order valence-electron chi connectivity index (χ0n) is 20.7. The number of amides is 1. The van der Waals surface area contributed by atoms with E-state index in [0.29, 0.717) is 51.6 Å². The first-order chi connectivity index (χ1) is 18.5. The molecule has 10 heteroatoms. The van der Waals surface area contributed by atoms with Crippen molar-refractivity contribution < 1.29 is 9.18 Å². The van der Waals surface area contributed by atoms with Gasteiger partial charge in [0.2, 0.25) is 5.91 Å². The number of hydrogen-bond donors (Lipinski definition) is 3. The van der Waals surface area contributed by atoms with Gasteiger partial charge in [-0.1, -0.05) is 32.0 Å². The lowest BCUT2D eigenvalue weighted by molar-refractivity contribution is -0.116. The van der Waals surface area contributed by atoms with Crippen LogP contribution in [0.15, 0.2) is 67.3 Å². The predicted octanol–water partition coefficient (Wildman–Crippen LogP) is 5.75. The molecule has 0 saturated heterocycles. The molecule has 6 aromatic rings. The number of fused-ring (bicyclic) bond motifs is 2. The van der Waals surface area contributed by atoms with Crippen molar-refractivity contribution in [2.24, 2.45) is 5.92 Å². The molecule has 0 spiro atoms. The number of pyridine rings is 3. The molecule has 0 aliphatic rings. The number of carbonyl (C=O) groups is 1. The molecule has 0 aliphatic carbocycles. The number of imidazole rings is 1. The average molecular weight is 507 g/mol. The van der Waals surface area contributed by atoms with Crippen LogP contribution in [0.2, 0.25) is 0 Å². The number of rotatable bonds is 6. The number of nitrogens with one attached hydrogen (secondary N) is 3. The molecule has 5 aromatic heterocycles. The third kappa shape index (κ3) is 4.36. The third-order valence-corrected chi connectivity index (χ3v) is 6.14. The number of H-pyrrole nitrogens is 2. The van der Waals surface area contributed by atoms with Gasteiger partial charge in [-0.2, -0.15) is 5.10 Å². The molecule has 6 rings (SSSR count). The molecule has 0 unspecified atom stereocenters. The molecule has 0 radical (unpaired) electrons. The molecule has 3 N–H and O–H groups in total. The van der Waals surface area contributed by atoms with Gasteiger partial charge in [-0.3, -0.25) is 14.9 Å². The molecule has 0 saturated carbocycles.